The van der Waals surface area contributed by atoms with Crippen molar-refractivity contribution in [1.29, 1.82) is 0 Å². The van der Waals surface area contributed by atoms with Gasteiger partial charge in [-0.15, -0.1) is 0 Å². The van der Waals surface area contributed by atoms with Gasteiger partial charge in [-0.05, 0) is 19.8 Å². The van der Waals surface area contributed by atoms with E-state index >= 15 is 0 Å². The van der Waals surface area contributed by atoms with Crippen molar-refractivity contribution in [2.45, 2.75) is 38.8 Å². The number of aromatic nitrogens is 2. The van der Waals surface area contributed by atoms with E-state index in [0.717, 1.165) is 30.3 Å². The first-order valence-electron chi connectivity index (χ1n) is 6.09. The van der Waals surface area contributed by atoms with Crippen molar-refractivity contribution in [2.75, 3.05) is 18.4 Å². The van der Waals surface area contributed by atoms with Crippen molar-refractivity contribution in [2.24, 2.45) is 0 Å². The van der Waals surface area contributed by atoms with Crippen LogP contribution in [0, 0.1) is 6.92 Å². The van der Waals surface area contributed by atoms with Crippen LogP contribution in [0.1, 0.15) is 25.1 Å². The van der Waals surface area contributed by atoms with Crippen molar-refractivity contribution in [3.8, 4) is 0 Å². The van der Waals surface area contributed by atoms with Crippen molar-refractivity contribution >= 4 is 15.9 Å². The number of rotatable bonds is 6. The molecule has 90 valence electrons. The summed E-state index contributed by atoms with van der Waals surface area (Å²) in [6.45, 7) is 5.44. The maximum Gasteiger partial charge on any atom is 0.105 e. The molecule has 0 bridgehead atoms. The Morgan fingerprint density at radius 1 is 1.50 bits per heavy atom. The van der Waals surface area contributed by atoms with E-state index in [0.29, 0.717) is 0 Å². The lowest BCUT2D eigenvalue weighted by molar-refractivity contribution is 0.131. The maximum absolute atomic E-state index is 4.25. The number of halogens is 1. The molecule has 1 heterocycles. The van der Waals surface area contributed by atoms with E-state index in [1.807, 2.05) is 6.20 Å². The van der Waals surface area contributed by atoms with Crippen LogP contribution in [0.2, 0.25) is 0 Å². The third-order valence-electron chi connectivity index (χ3n) is 3.51. The Hall–Kier alpha value is -0.350. The first-order chi connectivity index (χ1) is 7.81. The Morgan fingerprint density at radius 2 is 2.31 bits per heavy atom. The summed E-state index contributed by atoms with van der Waals surface area (Å²) < 4.78 is 2.24. The monoisotopic (exact) mass is 285 g/mol. The zero-order valence-electron chi connectivity index (χ0n) is 9.90. The lowest BCUT2D eigenvalue weighted by Gasteiger charge is -2.37. The summed E-state index contributed by atoms with van der Waals surface area (Å²) >= 11 is 3.54. The Labute approximate surface area is 106 Å². The first-order valence-corrected chi connectivity index (χ1v) is 7.21. The van der Waals surface area contributed by atoms with E-state index in [2.05, 4.69) is 43.5 Å². The molecule has 0 atom stereocenters. The lowest BCUT2D eigenvalue weighted by atomic mass is 9.91. The normalized spacial score (nSPS) is 16.7. The third-order valence-corrected chi connectivity index (χ3v) is 3.87. The topological polar surface area (TPSA) is 21.1 Å². The summed E-state index contributed by atoms with van der Waals surface area (Å²) in [6.07, 6.45) is 8.13. The van der Waals surface area contributed by atoms with Gasteiger partial charge in [0.05, 0.1) is 0 Å². The zero-order chi connectivity index (χ0) is 11.4. The summed E-state index contributed by atoms with van der Waals surface area (Å²) in [5.74, 6) is 1.12. The van der Waals surface area contributed by atoms with Gasteiger partial charge in [0.2, 0.25) is 0 Å². The molecular weight excluding hydrogens is 266 g/mol. The molecule has 1 fully saturated rings. The van der Waals surface area contributed by atoms with Crippen LogP contribution in [-0.4, -0.2) is 38.9 Å². The predicted octanol–water partition coefficient (Wildman–Crippen LogP) is 2.44. The minimum absolute atomic E-state index is 0.835. The summed E-state index contributed by atoms with van der Waals surface area (Å²) in [4.78, 5) is 6.86. The van der Waals surface area contributed by atoms with Gasteiger partial charge in [0.1, 0.15) is 5.82 Å². The van der Waals surface area contributed by atoms with Crippen molar-refractivity contribution in [3.63, 3.8) is 0 Å². The van der Waals surface area contributed by atoms with Gasteiger partial charge in [-0.1, -0.05) is 22.4 Å². The minimum atomic E-state index is 0.835. The summed E-state index contributed by atoms with van der Waals surface area (Å²) in [5, 5.41) is 1.08. The molecule has 3 nitrogen and oxygen atoms in total. The zero-order valence-corrected chi connectivity index (χ0v) is 11.5. The first kappa shape index (κ1) is 12.1. The summed E-state index contributed by atoms with van der Waals surface area (Å²) in [5.41, 5.74) is 0. The fourth-order valence-electron chi connectivity index (χ4n) is 2.21. The van der Waals surface area contributed by atoms with Gasteiger partial charge in [-0.2, -0.15) is 0 Å². The molecule has 0 amide bonds. The fourth-order valence-corrected chi connectivity index (χ4v) is 2.67. The highest BCUT2D eigenvalue weighted by atomic mass is 79.9. The van der Waals surface area contributed by atoms with E-state index in [-0.39, 0.29) is 0 Å². The third kappa shape index (κ3) is 2.86. The van der Waals surface area contributed by atoms with Gasteiger partial charge in [-0.25, -0.2) is 4.98 Å². The number of alkyl halides is 1. The van der Waals surface area contributed by atoms with Crippen LogP contribution < -0.4 is 0 Å². The van der Waals surface area contributed by atoms with Crippen LogP contribution in [0.15, 0.2) is 12.4 Å². The molecule has 0 unspecified atom stereocenters. The van der Waals surface area contributed by atoms with Crippen LogP contribution in [-0.2, 0) is 6.54 Å². The highest BCUT2D eigenvalue weighted by molar-refractivity contribution is 9.09. The largest absolute Gasteiger partial charge is 0.334 e. The highest BCUT2D eigenvalue weighted by Crippen LogP contribution is 2.24. The Bertz CT molecular complexity index is 320. The molecule has 0 saturated heterocycles. The molecule has 1 aliphatic rings. The summed E-state index contributed by atoms with van der Waals surface area (Å²) in [7, 11) is 0. The molecule has 2 rings (SSSR count). The average Bonchev–Trinajstić information content (AvgIpc) is 2.58. The molecule has 0 aliphatic heterocycles. The molecule has 0 aromatic carbocycles. The molecule has 1 aromatic heterocycles. The van der Waals surface area contributed by atoms with Crippen molar-refractivity contribution in [1.82, 2.24) is 14.5 Å². The molecule has 1 aromatic rings. The Morgan fingerprint density at radius 3 is 2.81 bits per heavy atom. The molecule has 0 spiro atoms. The predicted molar refractivity (Wildman–Crippen MR) is 70.0 cm³/mol. The quantitative estimate of drug-likeness (QED) is 0.749. The molecule has 0 radical (unpaired) electrons. The Balaban J connectivity index is 1.83. The van der Waals surface area contributed by atoms with Crippen molar-refractivity contribution in [3.05, 3.63) is 18.2 Å². The van der Waals surface area contributed by atoms with Crippen LogP contribution >= 0.6 is 15.9 Å². The SMILES string of the molecule is Cc1nccn1CCN(CCBr)C1CCC1. The van der Waals surface area contributed by atoms with Crippen LogP contribution in [0.4, 0.5) is 0 Å². The molecular formula is C12H20BrN3. The highest BCUT2D eigenvalue weighted by Gasteiger charge is 2.23. The number of hydrogen-bond donors (Lipinski definition) is 0. The maximum atomic E-state index is 4.25. The molecule has 1 aliphatic carbocycles. The fraction of sp³-hybridized carbons (Fsp3) is 0.750. The molecule has 0 N–H and O–H groups in total. The second-order valence-electron chi connectivity index (χ2n) is 4.48. The number of aryl methyl sites for hydroxylation is 1. The van der Waals surface area contributed by atoms with Gasteiger partial charge in [-0.3, -0.25) is 4.90 Å². The van der Waals surface area contributed by atoms with Crippen molar-refractivity contribution < 1.29 is 0 Å². The van der Waals surface area contributed by atoms with E-state index in [4.69, 9.17) is 0 Å². The number of hydrogen-bond acceptors (Lipinski definition) is 2. The number of imidazole rings is 1. The second-order valence-corrected chi connectivity index (χ2v) is 5.27. The van der Waals surface area contributed by atoms with E-state index in [1.54, 1.807) is 0 Å². The van der Waals surface area contributed by atoms with E-state index in [9.17, 15) is 0 Å². The van der Waals surface area contributed by atoms with Gasteiger partial charge >= 0.3 is 0 Å². The van der Waals surface area contributed by atoms with Gasteiger partial charge in [0, 0.05) is 43.4 Å². The van der Waals surface area contributed by atoms with Gasteiger partial charge in [0.15, 0.2) is 0 Å². The lowest BCUT2D eigenvalue weighted by Crippen LogP contribution is -2.42. The van der Waals surface area contributed by atoms with Crippen LogP contribution in [0.5, 0.6) is 0 Å². The van der Waals surface area contributed by atoms with E-state index in [1.165, 1.54) is 25.8 Å². The van der Waals surface area contributed by atoms with Gasteiger partial charge < -0.3 is 4.57 Å². The second kappa shape index (κ2) is 5.82. The summed E-state index contributed by atoms with van der Waals surface area (Å²) in [6, 6.07) is 0.835. The molecule has 1 saturated carbocycles. The number of nitrogens with zero attached hydrogens (tertiary/aromatic N) is 3. The van der Waals surface area contributed by atoms with Crippen LogP contribution in [0.25, 0.3) is 0 Å². The minimum Gasteiger partial charge on any atom is -0.334 e. The smallest absolute Gasteiger partial charge is 0.105 e. The standard InChI is InChI=1S/C12H20BrN3/c1-11-14-6-8-15(11)9-10-16(7-5-13)12-3-2-4-12/h6,8,12H,2-5,7,9-10H2,1H3. The molecule has 16 heavy (non-hydrogen) atoms. The van der Waals surface area contributed by atoms with E-state index < -0.39 is 0 Å². The average molecular weight is 286 g/mol. The van der Waals surface area contributed by atoms with Gasteiger partial charge in [0.25, 0.3) is 0 Å². The Kier molecular flexibility index (Phi) is 4.41. The molecule has 4 heteroatoms. The van der Waals surface area contributed by atoms with Crippen LogP contribution in [0.3, 0.4) is 0 Å².